The maximum Gasteiger partial charge on any atom is 0.425 e. The van der Waals surface area contributed by atoms with Gasteiger partial charge in [-0.05, 0) is 32.4 Å². The summed E-state index contributed by atoms with van der Waals surface area (Å²) in [5.41, 5.74) is 5.25. The maximum absolute atomic E-state index is 12.2. The third-order valence-electron chi connectivity index (χ3n) is 1.57. The summed E-state index contributed by atoms with van der Waals surface area (Å²) in [5.74, 6) is 0. The predicted octanol–water partition coefficient (Wildman–Crippen LogP) is 3.05. The zero-order valence-electron chi connectivity index (χ0n) is 7.98. The molecule has 0 aliphatic rings. The van der Waals surface area contributed by atoms with Crippen LogP contribution in [0.15, 0.2) is 12.1 Å². The van der Waals surface area contributed by atoms with Gasteiger partial charge in [0, 0.05) is 10.4 Å². The number of hydrogen-bond donors (Lipinski definition) is 1. The van der Waals surface area contributed by atoms with E-state index in [0.29, 0.717) is 11.3 Å². The van der Waals surface area contributed by atoms with Crippen LogP contribution in [0.5, 0.6) is 0 Å². The molecule has 0 aromatic carbocycles. The van der Waals surface area contributed by atoms with Crippen molar-refractivity contribution in [2.75, 3.05) is 0 Å². The van der Waals surface area contributed by atoms with E-state index < -0.39 is 16.6 Å². The van der Waals surface area contributed by atoms with E-state index in [2.05, 4.69) is 0 Å². The first-order chi connectivity index (χ1) is 6.18. The first kappa shape index (κ1) is 11.5. The normalized spacial score (nSPS) is 13.3. The second kappa shape index (κ2) is 3.55. The second-order valence-corrected chi connectivity index (χ2v) is 5.10. The number of rotatable bonds is 2. The zero-order valence-corrected chi connectivity index (χ0v) is 8.80. The largest absolute Gasteiger partial charge is 0.425 e. The third-order valence-corrected chi connectivity index (χ3v) is 2.70. The van der Waals surface area contributed by atoms with Crippen LogP contribution in [0.2, 0.25) is 0 Å². The fourth-order valence-electron chi connectivity index (χ4n) is 1.07. The molecule has 0 amide bonds. The summed E-state index contributed by atoms with van der Waals surface area (Å²) in [7, 11) is 0. The van der Waals surface area contributed by atoms with Crippen LogP contribution >= 0.6 is 11.3 Å². The molecular formula is C9H12F3NS. The van der Waals surface area contributed by atoms with E-state index in [1.54, 1.807) is 13.8 Å². The minimum Gasteiger partial charge on any atom is -0.325 e. The van der Waals surface area contributed by atoms with E-state index in [9.17, 15) is 13.2 Å². The van der Waals surface area contributed by atoms with Gasteiger partial charge >= 0.3 is 6.18 Å². The number of alkyl halides is 3. The Morgan fingerprint density at radius 3 is 2.21 bits per heavy atom. The highest BCUT2D eigenvalue weighted by Crippen LogP contribution is 2.35. The van der Waals surface area contributed by atoms with Crippen LogP contribution in [-0.2, 0) is 12.6 Å². The summed E-state index contributed by atoms with van der Waals surface area (Å²) in [4.78, 5) is 0.113. The second-order valence-electron chi connectivity index (χ2n) is 3.93. The van der Waals surface area contributed by atoms with Gasteiger partial charge in [0.1, 0.15) is 4.88 Å². The lowest BCUT2D eigenvalue weighted by Gasteiger charge is -2.16. The van der Waals surface area contributed by atoms with Crippen LogP contribution in [0.25, 0.3) is 0 Å². The number of hydrogen-bond acceptors (Lipinski definition) is 2. The van der Waals surface area contributed by atoms with Gasteiger partial charge in [-0.25, -0.2) is 0 Å². The molecular weight excluding hydrogens is 211 g/mol. The molecule has 1 aromatic rings. The molecule has 0 aliphatic carbocycles. The molecule has 0 fully saturated rings. The van der Waals surface area contributed by atoms with Crippen molar-refractivity contribution in [3.63, 3.8) is 0 Å². The van der Waals surface area contributed by atoms with Crippen LogP contribution < -0.4 is 5.73 Å². The highest BCUT2D eigenvalue weighted by atomic mass is 32.1. The predicted molar refractivity (Wildman–Crippen MR) is 51.3 cm³/mol. The Kier molecular flexibility index (Phi) is 2.92. The lowest BCUT2D eigenvalue weighted by Crippen LogP contribution is -2.33. The number of nitrogens with two attached hydrogens (primary N) is 1. The number of halogens is 3. The molecule has 0 bridgehead atoms. The van der Waals surface area contributed by atoms with Crippen LogP contribution in [-0.4, -0.2) is 5.54 Å². The topological polar surface area (TPSA) is 26.0 Å². The van der Waals surface area contributed by atoms with Gasteiger partial charge in [-0.2, -0.15) is 13.2 Å². The average Bonchev–Trinajstić information content (AvgIpc) is 2.29. The summed E-state index contributed by atoms with van der Waals surface area (Å²) >= 11 is 0.762. The molecule has 0 unspecified atom stereocenters. The molecule has 0 radical (unpaired) electrons. The summed E-state index contributed by atoms with van der Waals surface area (Å²) in [6.07, 6.45) is -3.77. The van der Waals surface area contributed by atoms with Gasteiger partial charge in [-0.1, -0.05) is 0 Å². The Balaban J connectivity index is 2.79. The molecule has 1 aromatic heterocycles. The van der Waals surface area contributed by atoms with Crippen LogP contribution in [0.3, 0.4) is 0 Å². The molecule has 0 spiro atoms. The van der Waals surface area contributed by atoms with E-state index >= 15 is 0 Å². The van der Waals surface area contributed by atoms with Crippen LogP contribution in [0, 0.1) is 0 Å². The van der Waals surface area contributed by atoms with Gasteiger partial charge < -0.3 is 5.73 Å². The Morgan fingerprint density at radius 1 is 1.29 bits per heavy atom. The highest BCUT2D eigenvalue weighted by Gasteiger charge is 2.32. The van der Waals surface area contributed by atoms with Gasteiger partial charge in [0.05, 0.1) is 0 Å². The number of thiophene rings is 1. The van der Waals surface area contributed by atoms with Crippen molar-refractivity contribution in [3.8, 4) is 0 Å². The SMILES string of the molecule is CC(C)(N)Cc1ccc(C(F)(F)F)s1. The molecule has 1 nitrogen and oxygen atoms in total. The molecule has 2 N–H and O–H groups in total. The minimum atomic E-state index is -4.23. The van der Waals surface area contributed by atoms with Gasteiger partial charge in [-0.3, -0.25) is 0 Å². The Hall–Kier alpha value is -0.550. The zero-order chi connectivity index (χ0) is 11.0. The third kappa shape index (κ3) is 3.31. The van der Waals surface area contributed by atoms with Crippen molar-refractivity contribution in [2.45, 2.75) is 32.0 Å². The molecule has 5 heteroatoms. The van der Waals surface area contributed by atoms with Gasteiger partial charge in [0.2, 0.25) is 0 Å². The standard InChI is InChI=1S/C9H12F3NS/c1-8(2,13)5-6-3-4-7(14-6)9(10,11)12/h3-4H,5,13H2,1-2H3. The monoisotopic (exact) mass is 223 g/mol. The first-order valence-electron chi connectivity index (χ1n) is 4.13. The molecule has 0 aliphatic heterocycles. The van der Waals surface area contributed by atoms with E-state index in [1.165, 1.54) is 6.07 Å². The maximum atomic E-state index is 12.2. The quantitative estimate of drug-likeness (QED) is 0.819. The van der Waals surface area contributed by atoms with Crippen molar-refractivity contribution < 1.29 is 13.2 Å². The molecule has 0 atom stereocenters. The molecule has 14 heavy (non-hydrogen) atoms. The lowest BCUT2D eigenvalue weighted by molar-refractivity contribution is -0.134. The van der Waals surface area contributed by atoms with E-state index in [-0.39, 0.29) is 0 Å². The minimum absolute atomic E-state index is 0.465. The van der Waals surface area contributed by atoms with Crippen molar-refractivity contribution >= 4 is 11.3 Å². The van der Waals surface area contributed by atoms with Crippen molar-refractivity contribution in [3.05, 3.63) is 21.9 Å². The fraction of sp³-hybridized carbons (Fsp3) is 0.556. The summed E-state index contributed by atoms with van der Waals surface area (Å²) in [5, 5.41) is 0. The smallest absolute Gasteiger partial charge is 0.325 e. The van der Waals surface area contributed by atoms with Crippen molar-refractivity contribution in [1.82, 2.24) is 0 Å². The Labute approximate surface area is 84.7 Å². The first-order valence-corrected chi connectivity index (χ1v) is 4.95. The molecule has 0 saturated carbocycles. The molecule has 1 heterocycles. The summed E-state index contributed by atoms with van der Waals surface area (Å²) < 4.78 is 36.6. The van der Waals surface area contributed by atoms with Gasteiger partial charge in [-0.15, -0.1) is 11.3 Å². The molecule has 1 rings (SSSR count). The van der Waals surface area contributed by atoms with E-state index in [4.69, 9.17) is 5.73 Å². The lowest BCUT2D eigenvalue weighted by atomic mass is 10.0. The Bertz CT molecular complexity index is 309. The summed E-state index contributed by atoms with van der Waals surface area (Å²) in [6.45, 7) is 3.58. The average molecular weight is 223 g/mol. The summed E-state index contributed by atoms with van der Waals surface area (Å²) in [6, 6.07) is 2.59. The fourth-order valence-corrected chi connectivity index (χ4v) is 2.19. The van der Waals surface area contributed by atoms with Gasteiger partial charge in [0.25, 0.3) is 0 Å². The Morgan fingerprint density at radius 2 is 1.86 bits per heavy atom. The van der Waals surface area contributed by atoms with Crippen molar-refractivity contribution in [2.24, 2.45) is 5.73 Å². The van der Waals surface area contributed by atoms with E-state index in [1.807, 2.05) is 0 Å². The van der Waals surface area contributed by atoms with Crippen LogP contribution in [0.4, 0.5) is 13.2 Å². The van der Waals surface area contributed by atoms with E-state index in [0.717, 1.165) is 17.4 Å². The van der Waals surface area contributed by atoms with Crippen LogP contribution in [0.1, 0.15) is 23.6 Å². The highest BCUT2D eigenvalue weighted by molar-refractivity contribution is 7.12. The van der Waals surface area contributed by atoms with Crippen molar-refractivity contribution in [1.29, 1.82) is 0 Å². The van der Waals surface area contributed by atoms with Gasteiger partial charge in [0.15, 0.2) is 0 Å². The molecule has 80 valence electrons. The molecule has 0 saturated heterocycles.